The Bertz CT molecular complexity index is 606. The minimum Gasteiger partial charge on any atom is -0.481 e. The maximum atomic E-state index is 12.0. The number of ether oxygens (including phenoxy) is 1. The largest absolute Gasteiger partial charge is 0.481 e. The van der Waals surface area contributed by atoms with E-state index >= 15 is 0 Å². The first-order chi connectivity index (χ1) is 10.6. The third-order valence-electron chi connectivity index (χ3n) is 3.40. The number of para-hydroxylation sites is 1. The second kappa shape index (κ2) is 6.28. The van der Waals surface area contributed by atoms with Crippen molar-refractivity contribution in [1.82, 2.24) is 4.90 Å². The summed E-state index contributed by atoms with van der Waals surface area (Å²) in [7, 11) is 0. The molecule has 1 heterocycles. The van der Waals surface area contributed by atoms with E-state index < -0.39 is 23.2 Å². The lowest BCUT2D eigenvalue weighted by Crippen LogP contribution is -2.68. The van der Waals surface area contributed by atoms with Crippen molar-refractivity contribution < 1.29 is 19.4 Å². The van der Waals surface area contributed by atoms with Gasteiger partial charge in [-0.15, -0.1) is 0 Å². The Kier molecular flexibility index (Phi) is 4.75. The molecule has 2 N–H and O–H groups in total. The number of hydrogen-bond donors (Lipinski definition) is 2. The lowest BCUT2D eigenvalue weighted by molar-refractivity contribution is -0.139. The van der Waals surface area contributed by atoms with Crippen molar-refractivity contribution in [3.63, 3.8) is 0 Å². The Morgan fingerprint density at radius 3 is 2.48 bits per heavy atom. The zero-order chi connectivity index (χ0) is 17.3. The Balaban J connectivity index is 2.08. The molecule has 0 atom stereocenters. The number of hydrogen-bond acceptors (Lipinski definition) is 4. The van der Waals surface area contributed by atoms with Gasteiger partial charge in [0.2, 0.25) is 0 Å². The van der Waals surface area contributed by atoms with Crippen LogP contribution in [0, 0.1) is 0 Å². The smallest absolute Gasteiger partial charge is 0.410 e. The summed E-state index contributed by atoms with van der Waals surface area (Å²) in [4.78, 5) is 24.7. The van der Waals surface area contributed by atoms with Crippen LogP contribution in [0.25, 0.3) is 0 Å². The van der Waals surface area contributed by atoms with Crippen molar-refractivity contribution in [3.05, 3.63) is 29.3 Å². The highest BCUT2D eigenvalue weighted by Crippen LogP contribution is 2.33. The molecule has 1 fully saturated rings. The van der Waals surface area contributed by atoms with E-state index in [2.05, 4.69) is 5.32 Å². The number of likely N-dealkylation sites (tertiary alicyclic amines) is 1. The van der Waals surface area contributed by atoms with Gasteiger partial charge in [0, 0.05) is 13.1 Å². The highest BCUT2D eigenvalue weighted by molar-refractivity contribution is 6.33. The lowest BCUT2D eigenvalue weighted by atomic mass is 9.86. The average Bonchev–Trinajstić information content (AvgIpc) is 2.35. The molecule has 1 aliphatic rings. The van der Waals surface area contributed by atoms with Gasteiger partial charge in [-0.05, 0) is 32.9 Å². The first-order valence-electron chi connectivity index (χ1n) is 7.33. The first kappa shape index (κ1) is 17.4. The summed E-state index contributed by atoms with van der Waals surface area (Å²) >= 11 is 6.12. The first-order valence-corrected chi connectivity index (χ1v) is 7.70. The average molecular weight is 341 g/mol. The molecule has 2 rings (SSSR count). The van der Waals surface area contributed by atoms with Crippen molar-refractivity contribution in [3.8, 4) is 0 Å². The van der Waals surface area contributed by atoms with Gasteiger partial charge in [0.15, 0.2) is 0 Å². The maximum absolute atomic E-state index is 12.0. The van der Waals surface area contributed by atoms with E-state index in [9.17, 15) is 9.59 Å². The summed E-state index contributed by atoms with van der Waals surface area (Å²) < 4.78 is 5.30. The van der Waals surface area contributed by atoms with E-state index in [0.29, 0.717) is 10.7 Å². The van der Waals surface area contributed by atoms with Gasteiger partial charge in [0.05, 0.1) is 22.7 Å². The number of amides is 1. The summed E-state index contributed by atoms with van der Waals surface area (Å²) in [5.41, 5.74) is -0.675. The molecule has 1 aliphatic heterocycles. The van der Waals surface area contributed by atoms with Gasteiger partial charge < -0.3 is 20.1 Å². The molecule has 1 saturated heterocycles. The van der Waals surface area contributed by atoms with Crippen molar-refractivity contribution in [2.24, 2.45) is 0 Å². The number of halogens is 1. The van der Waals surface area contributed by atoms with Gasteiger partial charge >= 0.3 is 12.1 Å². The molecular formula is C16H21ClN2O4. The minimum atomic E-state index is -0.937. The number of benzene rings is 1. The number of aliphatic carboxylic acids is 1. The summed E-state index contributed by atoms with van der Waals surface area (Å²) in [5, 5.41) is 12.8. The molecule has 7 heteroatoms. The standard InChI is InChI=1S/C16H21ClN2O4/c1-15(2,3)23-14(22)19-9-16(10-19,8-13(20)21)18-12-7-5-4-6-11(12)17/h4-7,18H,8-10H2,1-3H3,(H,20,21). The van der Waals surface area contributed by atoms with Crippen LogP contribution in [-0.2, 0) is 9.53 Å². The fraction of sp³-hybridized carbons (Fsp3) is 0.500. The number of carbonyl (C=O) groups is 2. The van der Waals surface area contributed by atoms with Crippen LogP contribution in [-0.4, -0.2) is 46.3 Å². The van der Waals surface area contributed by atoms with Crippen LogP contribution >= 0.6 is 11.6 Å². The quantitative estimate of drug-likeness (QED) is 0.879. The van der Waals surface area contributed by atoms with Gasteiger partial charge in [-0.1, -0.05) is 23.7 Å². The lowest BCUT2D eigenvalue weighted by Gasteiger charge is -2.50. The topological polar surface area (TPSA) is 78.9 Å². The Morgan fingerprint density at radius 1 is 1.35 bits per heavy atom. The molecule has 0 aliphatic carbocycles. The van der Waals surface area contributed by atoms with Gasteiger partial charge in [-0.2, -0.15) is 0 Å². The Morgan fingerprint density at radius 2 is 1.96 bits per heavy atom. The molecule has 0 unspecified atom stereocenters. The van der Waals surface area contributed by atoms with E-state index in [0.717, 1.165) is 0 Å². The molecular weight excluding hydrogens is 320 g/mol. The van der Waals surface area contributed by atoms with E-state index in [1.807, 2.05) is 6.07 Å². The number of carboxylic acid groups (broad SMARTS) is 1. The SMILES string of the molecule is CC(C)(C)OC(=O)N1CC(CC(=O)O)(Nc2ccccc2Cl)C1. The van der Waals surface area contributed by atoms with Crippen LogP contribution in [0.2, 0.25) is 5.02 Å². The van der Waals surface area contributed by atoms with E-state index in [-0.39, 0.29) is 19.5 Å². The molecule has 0 aromatic heterocycles. The van der Waals surface area contributed by atoms with Crippen LogP contribution < -0.4 is 5.32 Å². The van der Waals surface area contributed by atoms with Gasteiger partial charge in [0.25, 0.3) is 0 Å². The summed E-state index contributed by atoms with van der Waals surface area (Å²) in [6.07, 6.45) is -0.559. The third kappa shape index (κ3) is 4.51. The van der Waals surface area contributed by atoms with Crippen molar-refractivity contribution >= 4 is 29.4 Å². The summed E-state index contributed by atoms with van der Waals surface area (Å²) in [6.45, 7) is 5.87. The minimum absolute atomic E-state index is 0.114. The monoisotopic (exact) mass is 340 g/mol. The van der Waals surface area contributed by atoms with Crippen LogP contribution in [0.5, 0.6) is 0 Å². The Labute approximate surface area is 140 Å². The van der Waals surface area contributed by atoms with Crippen molar-refractivity contribution in [2.45, 2.75) is 38.3 Å². The van der Waals surface area contributed by atoms with Crippen LogP contribution in [0.3, 0.4) is 0 Å². The number of anilines is 1. The molecule has 1 aromatic rings. The number of carbonyl (C=O) groups excluding carboxylic acids is 1. The number of carboxylic acids is 1. The fourth-order valence-electron chi connectivity index (χ4n) is 2.51. The van der Waals surface area contributed by atoms with E-state index in [1.165, 1.54) is 4.90 Å². The highest BCUT2D eigenvalue weighted by atomic mass is 35.5. The molecule has 1 aromatic carbocycles. The summed E-state index contributed by atoms with van der Waals surface area (Å²) in [5.74, 6) is -0.937. The van der Waals surface area contributed by atoms with Crippen molar-refractivity contribution in [1.29, 1.82) is 0 Å². The molecule has 0 bridgehead atoms. The Hall–Kier alpha value is -1.95. The van der Waals surface area contributed by atoms with Gasteiger partial charge in [-0.3, -0.25) is 4.79 Å². The van der Waals surface area contributed by atoms with E-state index in [4.69, 9.17) is 21.4 Å². The predicted octanol–water partition coefficient (Wildman–Crippen LogP) is 3.22. The third-order valence-corrected chi connectivity index (χ3v) is 3.73. The zero-order valence-electron chi connectivity index (χ0n) is 13.4. The van der Waals surface area contributed by atoms with Gasteiger partial charge in [0.1, 0.15) is 5.60 Å². The van der Waals surface area contributed by atoms with Crippen LogP contribution in [0.15, 0.2) is 24.3 Å². The molecule has 6 nitrogen and oxygen atoms in total. The number of nitrogens with zero attached hydrogens (tertiary/aromatic N) is 1. The highest BCUT2D eigenvalue weighted by Gasteiger charge is 2.48. The summed E-state index contributed by atoms with van der Waals surface area (Å²) in [6, 6.07) is 7.11. The van der Waals surface area contributed by atoms with Crippen LogP contribution in [0.1, 0.15) is 27.2 Å². The fourth-order valence-corrected chi connectivity index (χ4v) is 2.70. The molecule has 23 heavy (non-hydrogen) atoms. The molecule has 1 amide bonds. The zero-order valence-corrected chi connectivity index (χ0v) is 14.2. The molecule has 126 valence electrons. The number of rotatable bonds is 4. The predicted molar refractivity (Wildman–Crippen MR) is 87.9 cm³/mol. The second-order valence-electron chi connectivity index (χ2n) is 6.79. The second-order valence-corrected chi connectivity index (χ2v) is 7.20. The van der Waals surface area contributed by atoms with Gasteiger partial charge in [-0.25, -0.2) is 4.79 Å². The van der Waals surface area contributed by atoms with Crippen LogP contribution in [0.4, 0.5) is 10.5 Å². The van der Waals surface area contributed by atoms with E-state index in [1.54, 1.807) is 39.0 Å². The normalized spacial score (nSPS) is 16.4. The molecule has 0 saturated carbocycles. The van der Waals surface area contributed by atoms with Crippen molar-refractivity contribution in [2.75, 3.05) is 18.4 Å². The maximum Gasteiger partial charge on any atom is 0.410 e. The molecule has 0 spiro atoms. The number of nitrogens with one attached hydrogen (secondary N) is 1. The molecule has 0 radical (unpaired) electrons.